The van der Waals surface area contributed by atoms with Crippen molar-refractivity contribution in [3.63, 3.8) is 0 Å². The van der Waals surface area contributed by atoms with E-state index in [4.69, 9.17) is 4.98 Å². The van der Waals surface area contributed by atoms with Crippen molar-refractivity contribution in [2.45, 2.75) is 63.8 Å². The summed E-state index contributed by atoms with van der Waals surface area (Å²) in [5.41, 5.74) is 0.952. The number of piperidine rings is 1. The third-order valence-corrected chi connectivity index (χ3v) is 6.71. The number of anilines is 1. The van der Waals surface area contributed by atoms with Gasteiger partial charge in [-0.3, -0.25) is 4.79 Å². The molecule has 2 aliphatic rings. The van der Waals surface area contributed by atoms with Gasteiger partial charge < -0.3 is 10.2 Å². The van der Waals surface area contributed by atoms with Crippen LogP contribution < -0.4 is 10.2 Å². The number of hydrogen-bond donors (Lipinski definition) is 1. The van der Waals surface area contributed by atoms with Gasteiger partial charge in [0.05, 0.1) is 5.92 Å². The van der Waals surface area contributed by atoms with E-state index in [1.807, 2.05) is 18.3 Å². The van der Waals surface area contributed by atoms with Crippen LogP contribution in [0.3, 0.4) is 0 Å². The lowest BCUT2D eigenvalue weighted by Gasteiger charge is -2.33. The number of amides is 1. The molecular weight excluding hydrogens is 344 g/mol. The normalized spacial score (nSPS) is 22.8. The fourth-order valence-corrected chi connectivity index (χ4v) is 5.12. The molecule has 2 aromatic rings. The van der Waals surface area contributed by atoms with Crippen LogP contribution >= 0.6 is 11.3 Å². The van der Waals surface area contributed by atoms with Gasteiger partial charge in [0, 0.05) is 25.3 Å². The van der Waals surface area contributed by atoms with Crippen LogP contribution in [0.1, 0.15) is 57.8 Å². The summed E-state index contributed by atoms with van der Waals surface area (Å²) >= 11 is 1.63. The molecule has 1 amide bonds. The number of fused-ring (bicyclic) bond motifs is 1. The number of carbonyl (C=O) groups excluding carboxylic acids is 1. The lowest BCUT2D eigenvalue weighted by molar-refractivity contribution is -0.126. The zero-order valence-corrected chi connectivity index (χ0v) is 16.1. The number of thiazole rings is 1. The van der Waals surface area contributed by atoms with Gasteiger partial charge in [-0.15, -0.1) is 0 Å². The van der Waals surface area contributed by atoms with Gasteiger partial charge in [-0.1, -0.05) is 43.4 Å². The molecule has 1 saturated heterocycles. The van der Waals surface area contributed by atoms with E-state index in [-0.39, 0.29) is 11.8 Å². The molecule has 1 N–H and O–H groups in total. The Morgan fingerprint density at radius 1 is 1.12 bits per heavy atom. The lowest BCUT2D eigenvalue weighted by Crippen LogP contribution is -2.46. The number of pyridine rings is 1. The summed E-state index contributed by atoms with van der Waals surface area (Å²) in [4.78, 5) is 25.2. The monoisotopic (exact) mass is 372 g/mol. The van der Waals surface area contributed by atoms with Crippen LogP contribution in [0.5, 0.6) is 0 Å². The van der Waals surface area contributed by atoms with E-state index >= 15 is 0 Å². The highest BCUT2D eigenvalue weighted by Crippen LogP contribution is 2.30. The molecule has 0 radical (unpaired) electrons. The zero-order chi connectivity index (χ0) is 17.8. The number of nitrogens with one attached hydrogen (secondary N) is 1. The van der Waals surface area contributed by atoms with E-state index in [2.05, 4.69) is 15.2 Å². The average Bonchev–Trinajstić information content (AvgIpc) is 3.08. The standard InChI is InChI=1S/C20H28N4OS/c25-18(22-16-9-4-2-1-3-5-10-16)15-8-7-13-24(14-15)20-23-17-11-6-12-21-19(17)26-20/h6,11-12,15-16H,1-5,7-10,13-14H2,(H,22,25)/t15-/m1/s1. The Hall–Kier alpha value is -1.69. The summed E-state index contributed by atoms with van der Waals surface area (Å²) in [6, 6.07) is 4.31. The highest BCUT2D eigenvalue weighted by atomic mass is 32.1. The first-order valence-corrected chi connectivity index (χ1v) is 10.9. The van der Waals surface area contributed by atoms with Crippen molar-refractivity contribution >= 4 is 32.7 Å². The summed E-state index contributed by atoms with van der Waals surface area (Å²) < 4.78 is 0. The number of hydrogen-bond acceptors (Lipinski definition) is 5. The fourth-order valence-electron chi connectivity index (χ4n) is 4.18. The third kappa shape index (κ3) is 4.17. The van der Waals surface area contributed by atoms with Crippen molar-refractivity contribution < 1.29 is 4.79 Å². The van der Waals surface area contributed by atoms with E-state index in [1.54, 1.807) is 11.3 Å². The first kappa shape index (κ1) is 17.7. The molecule has 140 valence electrons. The van der Waals surface area contributed by atoms with Gasteiger partial charge in [-0.05, 0) is 37.8 Å². The Kier molecular flexibility index (Phi) is 5.68. The molecule has 26 heavy (non-hydrogen) atoms. The van der Waals surface area contributed by atoms with E-state index in [9.17, 15) is 4.79 Å². The van der Waals surface area contributed by atoms with Crippen LogP contribution in [0.2, 0.25) is 0 Å². The highest BCUT2D eigenvalue weighted by molar-refractivity contribution is 7.21. The predicted octanol–water partition coefficient (Wildman–Crippen LogP) is 4.14. The quantitative estimate of drug-likeness (QED) is 0.880. The van der Waals surface area contributed by atoms with Crippen molar-refractivity contribution in [2.75, 3.05) is 18.0 Å². The van der Waals surface area contributed by atoms with Crippen LogP contribution in [0.25, 0.3) is 10.3 Å². The summed E-state index contributed by atoms with van der Waals surface area (Å²) in [6.45, 7) is 1.76. The van der Waals surface area contributed by atoms with Gasteiger partial charge in [-0.25, -0.2) is 9.97 Å². The van der Waals surface area contributed by atoms with E-state index in [1.165, 1.54) is 32.1 Å². The first-order chi connectivity index (χ1) is 12.8. The minimum atomic E-state index is 0.0779. The van der Waals surface area contributed by atoms with E-state index < -0.39 is 0 Å². The minimum Gasteiger partial charge on any atom is -0.353 e. The van der Waals surface area contributed by atoms with Crippen molar-refractivity contribution in [2.24, 2.45) is 5.92 Å². The molecule has 1 aliphatic heterocycles. The van der Waals surface area contributed by atoms with Gasteiger partial charge in [0.25, 0.3) is 0 Å². The lowest BCUT2D eigenvalue weighted by atomic mass is 9.94. The van der Waals surface area contributed by atoms with Crippen molar-refractivity contribution in [3.05, 3.63) is 18.3 Å². The molecule has 4 rings (SSSR count). The predicted molar refractivity (Wildman–Crippen MR) is 107 cm³/mol. The molecule has 1 saturated carbocycles. The molecule has 5 nitrogen and oxygen atoms in total. The summed E-state index contributed by atoms with van der Waals surface area (Å²) in [5.74, 6) is 0.327. The molecule has 3 heterocycles. The maximum Gasteiger partial charge on any atom is 0.225 e. The number of rotatable bonds is 3. The Bertz CT molecular complexity index is 705. The van der Waals surface area contributed by atoms with Gasteiger partial charge >= 0.3 is 0 Å². The van der Waals surface area contributed by atoms with Gasteiger partial charge in [-0.2, -0.15) is 0 Å². The smallest absolute Gasteiger partial charge is 0.225 e. The van der Waals surface area contributed by atoms with Crippen molar-refractivity contribution in [1.29, 1.82) is 0 Å². The SMILES string of the molecule is O=C(NC1CCCCCCC1)[C@@H]1CCCN(c2nc3cccnc3s2)C1. The second-order valence-corrected chi connectivity index (χ2v) is 8.62. The molecule has 0 spiro atoms. The summed E-state index contributed by atoms with van der Waals surface area (Å²) in [6.07, 6.45) is 12.6. The van der Waals surface area contributed by atoms with Gasteiger partial charge in [0.2, 0.25) is 5.91 Å². The van der Waals surface area contributed by atoms with Gasteiger partial charge in [0.15, 0.2) is 5.13 Å². The molecule has 0 aromatic carbocycles. The molecule has 0 unspecified atom stereocenters. The number of aromatic nitrogens is 2. The number of carbonyl (C=O) groups is 1. The van der Waals surface area contributed by atoms with Crippen LogP contribution in [0, 0.1) is 5.92 Å². The summed E-state index contributed by atoms with van der Waals surface area (Å²) in [7, 11) is 0. The highest BCUT2D eigenvalue weighted by Gasteiger charge is 2.28. The summed E-state index contributed by atoms with van der Waals surface area (Å²) in [5, 5.41) is 4.36. The Balaban J connectivity index is 1.38. The van der Waals surface area contributed by atoms with Crippen LogP contribution in [-0.4, -0.2) is 35.0 Å². The van der Waals surface area contributed by atoms with Gasteiger partial charge in [0.1, 0.15) is 10.3 Å². The topological polar surface area (TPSA) is 58.1 Å². The van der Waals surface area contributed by atoms with Crippen molar-refractivity contribution in [1.82, 2.24) is 15.3 Å². The van der Waals surface area contributed by atoms with Crippen molar-refractivity contribution in [3.8, 4) is 0 Å². The molecule has 1 aliphatic carbocycles. The average molecular weight is 373 g/mol. The Labute approximate surface area is 159 Å². The fraction of sp³-hybridized carbons (Fsp3) is 0.650. The van der Waals surface area contributed by atoms with E-state index in [0.717, 1.165) is 54.3 Å². The zero-order valence-electron chi connectivity index (χ0n) is 15.3. The first-order valence-electron chi connectivity index (χ1n) is 10.1. The molecule has 2 fully saturated rings. The Morgan fingerprint density at radius 2 is 1.92 bits per heavy atom. The maximum absolute atomic E-state index is 12.8. The van der Waals surface area contributed by atoms with Crippen LogP contribution in [-0.2, 0) is 4.79 Å². The Morgan fingerprint density at radius 3 is 2.73 bits per heavy atom. The molecule has 2 aromatic heterocycles. The van der Waals surface area contributed by atoms with Crippen LogP contribution in [0.15, 0.2) is 18.3 Å². The molecule has 0 bridgehead atoms. The second kappa shape index (κ2) is 8.33. The molecule has 6 heteroatoms. The second-order valence-electron chi connectivity index (χ2n) is 7.66. The maximum atomic E-state index is 12.8. The van der Waals surface area contributed by atoms with Crippen LogP contribution in [0.4, 0.5) is 5.13 Å². The number of nitrogens with zero attached hydrogens (tertiary/aromatic N) is 3. The minimum absolute atomic E-state index is 0.0779. The van der Waals surface area contributed by atoms with E-state index in [0.29, 0.717) is 6.04 Å². The molecular formula is C20H28N4OS. The third-order valence-electron chi connectivity index (χ3n) is 5.67. The largest absolute Gasteiger partial charge is 0.353 e. The molecule has 1 atom stereocenters.